The van der Waals surface area contributed by atoms with Gasteiger partial charge >= 0.3 is 0 Å². The van der Waals surface area contributed by atoms with Crippen molar-refractivity contribution in [2.75, 3.05) is 33.4 Å². The van der Waals surface area contributed by atoms with Gasteiger partial charge in [-0.25, -0.2) is 0 Å². The van der Waals surface area contributed by atoms with Gasteiger partial charge in [0.1, 0.15) is 0 Å². The average molecular weight is 268 g/mol. The first-order valence-corrected chi connectivity index (χ1v) is 8.15. The summed E-state index contributed by atoms with van der Waals surface area (Å²) in [5.41, 5.74) is 6.36. The molecule has 0 amide bonds. The van der Waals surface area contributed by atoms with Gasteiger partial charge < -0.3 is 10.5 Å². The molecule has 3 heteroatoms. The largest absolute Gasteiger partial charge is 0.380 e. The van der Waals surface area contributed by atoms with E-state index in [0.717, 1.165) is 38.1 Å². The van der Waals surface area contributed by atoms with E-state index in [2.05, 4.69) is 18.9 Å². The number of hydrogen-bond acceptors (Lipinski definition) is 3. The van der Waals surface area contributed by atoms with Gasteiger partial charge in [0.15, 0.2) is 0 Å². The lowest BCUT2D eigenvalue weighted by Crippen LogP contribution is -2.52. The molecule has 19 heavy (non-hydrogen) atoms. The van der Waals surface area contributed by atoms with Crippen molar-refractivity contribution < 1.29 is 4.74 Å². The summed E-state index contributed by atoms with van der Waals surface area (Å²) < 4.78 is 5.78. The van der Waals surface area contributed by atoms with Crippen LogP contribution >= 0.6 is 0 Å². The molecule has 0 aromatic carbocycles. The minimum atomic E-state index is 0.230. The van der Waals surface area contributed by atoms with Crippen LogP contribution in [0, 0.1) is 11.8 Å². The normalized spacial score (nSPS) is 32.5. The molecular weight excluding hydrogens is 236 g/mol. The van der Waals surface area contributed by atoms with Crippen LogP contribution in [0.1, 0.15) is 51.9 Å². The van der Waals surface area contributed by atoms with Crippen molar-refractivity contribution in [2.45, 2.75) is 57.4 Å². The molecule has 2 aliphatic carbocycles. The molecule has 0 aromatic rings. The van der Waals surface area contributed by atoms with E-state index in [1.165, 1.54) is 44.9 Å². The van der Waals surface area contributed by atoms with Crippen LogP contribution in [0.5, 0.6) is 0 Å². The van der Waals surface area contributed by atoms with Gasteiger partial charge in [-0.1, -0.05) is 19.8 Å². The Bertz CT molecular complexity index is 267. The van der Waals surface area contributed by atoms with Gasteiger partial charge in [-0.15, -0.1) is 0 Å². The Morgan fingerprint density at radius 3 is 2.68 bits per heavy atom. The van der Waals surface area contributed by atoms with Crippen molar-refractivity contribution in [1.29, 1.82) is 0 Å². The fourth-order valence-corrected chi connectivity index (χ4v) is 3.28. The highest BCUT2D eigenvalue weighted by Gasteiger charge is 2.34. The van der Waals surface area contributed by atoms with Crippen molar-refractivity contribution in [1.82, 2.24) is 4.90 Å². The van der Waals surface area contributed by atoms with Crippen LogP contribution in [0.25, 0.3) is 0 Å². The predicted molar refractivity (Wildman–Crippen MR) is 80.2 cm³/mol. The molecule has 2 aliphatic rings. The van der Waals surface area contributed by atoms with Crippen molar-refractivity contribution in [3.63, 3.8) is 0 Å². The number of nitrogens with two attached hydrogens (primary N) is 1. The highest BCUT2D eigenvalue weighted by atomic mass is 16.5. The monoisotopic (exact) mass is 268 g/mol. The van der Waals surface area contributed by atoms with Crippen LogP contribution < -0.4 is 5.73 Å². The second kappa shape index (κ2) is 7.05. The molecule has 2 unspecified atom stereocenters. The van der Waals surface area contributed by atoms with Crippen molar-refractivity contribution in [3.8, 4) is 0 Å². The summed E-state index contributed by atoms with van der Waals surface area (Å²) in [7, 11) is 2.24. The van der Waals surface area contributed by atoms with Gasteiger partial charge in [0.25, 0.3) is 0 Å². The predicted octanol–water partition coefficient (Wildman–Crippen LogP) is 2.64. The van der Waals surface area contributed by atoms with Crippen LogP contribution in [0.15, 0.2) is 0 Å². The lowest BCUT2D eigenvalue weighted by molar-refractivity contribution is 0.0507. The van der Waals surface area contributed by atoms with Gasteiger partial charge in [-0.3, -0.25) is 4.90 Å². The zero-order valence-corrected chi connectivity index (χ0v) is 12.9. The first-order chi connectivity index (χ1) is 9.16. The third-order valence-corrected chi connectivity index (χ3v) is 5.25. The Labute approximate surface area is 118 Å². The third kappa shape index (κ3) is 4.44. The summed E-state index contributed by atoms with van der Waals surface area (Å²) in [6.45, 7) is 6.04. The van der Waals surface area contributed by atoms with Gasteiger partial charge in [0.2, 0.25) is 0 Å². The van der Waals surface area contributed by atoms with E-state index in [9.17, 15) is 0 Å². The molecule has 0 heterocycles. The minimum absolute atomic E-state index is 0.230. The highest BCUT2D eigenvalue weighted by Crippen LogP contribution is 2.33. The SMILES string of the molecule is CC1CCCC(CN)(N(C)CCOCC2CC2)CC1. The van der Waals surface area contributed by atoms with Gasteiger partial charge in [-0.05, 0) is 51.0 Å². The second-order valence-corrected chi connectivity index (χ2v) is 6.90. The molecule has 0 saturated heterocycles. The van der Waals surface area contributed by atoms with Crippen molar-refractivity contribution in [2.24, 2.45) is 17.6 Å². The van der Waals surface area contributed by atoms with E-state index in [0.29, 0.717) is 0 Å². The Balaban J connectivity index is 1.76. The second-order valence-electron chi connectivity index (χ2n) is 6.90. The fraction of sp³-hybridized carbons (Fsp3) is 1.00. The van der Waals surface area contributed by atoms with Gasteiger partial charge in [-0.2, -0.15) is 0 Å². The molecule has 2 atom stereocenters. The zero-order valence-electron chi connectivity index (χ0n) is 12.9. The first-order valence-electron chi connectivity index (χ1n) is 8.15. The topological polar surface area (TPSA) is 38.5 Å². The van der Waals surface area contributed by atoms with Crippen LogP contribution in [0.4, 0.5) is 0 Å². The molecule has 2 fully saturated rings. The molecule has 0 bridgehead atoms. The molecule has 0 aliphatic heterocycles. The van der Waals surface area contributed by atoms with Crippen molar-refractivity contribution in [3.05, 3.63) is 0 Å². The highest BCUT2D eigenvalue weighted by molar-refractivity contribution is 4.92. The lowest BCUT2D eigenvalue weighted by Gasteiger charge is -2.41. The zero-order chi connectivity index (χ0) is 13.7. The Kier molecular flexibility index (Phi) is 5.67. The van der Waals surface area contributed by atoms with E-state index in [4.69, 9.17) is 10.5 Å². The molecule has 2 saturated carbocycles. The number of nitrogens with zero attached hydrogens (tertiary/aromatic N) is 1. The summed E-state index contributed by atoms with van der Waals surface area (Å²) in [5.74, 6) is 1.74. The first kappa shape index (κ1) is 15.3. The molecule has 2 N–H and O–H groups in total. The van der Waals surface area contributed by atoms with Crippen LogP contribution in [0.3, 0.4) is 0 Å². The molecule has 0 spiro atoms. The van der Waals surface area contributed by atoms with Gasteiger partial charge in [0.05, 0.1) is 6.61 Å². The molecule has 0 radical (unpaired) electrons. The van der Waals surface area contributed by atoms with Crippen LogP contribution in [-0.2, 0) is 4.74 Å². The van der Waals surface area contributed by atoms with E-state index in [1.807, 2.05) is 0 Å². The van der Waals surface area contributed by atoms with E-state index >= 15 is 0 Å². The minimum Gasteiger partial charge on any atom is -0.380 e. The maximum absolute atomic E-state index is 6.13. The molecule has 3 nitrogen and oxygen atoms in total. The van der Waals surface area contributed by atoms with Gasteiger partial charge in [0, 0.05) is 25.2 Å². The average Bonchev–Trinajstić information content (AvgIpc) is 3.22. The smallest absolute Gasteiger partial charge is 0.0593 e. The Morgan fingerprint density at radius 2 is 2.00 bits per heavy atom. The number of ether oxygens (including phenoxy) is 1. The standard InChI is InChI=1S/C16H32N2O/c1-14-4-3-8-16(13-17,9-7-14)18(2)10-11-19-12-15-5-6-15/h14-15H,3-13,17H2,1-2H3. The van der Waals surface area contributed by atoms with E-state index in [1.54, 1.807) is 0 Å². The maximum atomic E-state index is 6.13. The maximum Gasteiger partial charge on any atom is 0.0593 e. The number of likely N-dealkylation sites (N-methyl/N-ethyl adjacent to an activating group) is 1. The lowest BCUT2D eigenvalue weighted by atomic mass is 9.88. The van der Waals surface area contributed by atoms with Crippen molar-refractivity contribution >= 4 is 0 Å². The fourth-order valence-electron chi connectivity index (χ4n) is 3.28. The third-order valence-electron chi connectivity index (χ3n) is 5.25. The van der Waals surface area contributed by atoms with Crippen LogP contribution in [-0.4, -0.2) is 43.8 Å². The summed E-state index contributed by atoms with van der Waals surface area (Å²) in [5, 5.41) is 0. The summed E-state index contributed by atoms with van der Waals surface area (Å²) in [4.78, 5) is 2.48. The summed E-state index contributed by atoms with van der Waals surface area (Å²) in [6, 6.07) is 0. The molecule has 112 valence electrons. The van der Waals surface area contributed by atoms with E-state index in [-0.39, 0.29) is 5.54 Å². The summed E-state index contributed by atoms with van der Waals surface area (Å²) >= 11 is 0. The molecule has 0 aromatic heterocycles. The quantitative estimate of drug-likeness (QED) is 0.570. The van der Waals surface area contributed by atoms with E-state index < -0.39 is 0 Å². The Morgan fingerprint density at radius 1 is 1.21 bits per heavy atom. The number of hydrogen-bond donors (Lipinski definition) is 1. The van der Waals surface area contributed by atoms with Crippen LogP contribution in [0.2, 0.25) is 0 Å². The summed E-state index contributed by atoms with van der Waals surface area (Å²) in [6.07, 6.45) is 9.28. The Hall–Kier alpha value is -0.120. The molecular formula is C16H32N2O. The molecule has 2 rings (SSSR count). The number of rotatable bonds is 7.